The van der Waals surface area contributed by atoms with E-state index in [4.69, 9.17) is 5.11 Å². The number of rotatable bonds is 5. The van der Waals surface area contributed by atoms with E-state index < -0.39 is 12.4 Å². The third-order valence-corrected chi connectivity index (χ3v) is 2.17. The van der Waals surface area contributed by atoms with Crippen LogP contribution in [-0.4, -0.2) is 35.0 Å². The number of carboxylic acid groups (broad SMARTS) is 1. The van der Waals surface area contributed by atoms with Crippen LogP contribution in [-0.2, 0) is 9.59 Å². The minimum Gasteiger partial charge on any atom is -0.481 e. The molecule has 0 radical (unpaired) electrons. The van der Waals surface area contributed by atoms with E-state index in [9.17, 15) is 9.59 Å². The Hall–Kier alpha value is -1.06. The molecule has 0 aliphatic rings. The minimum atomic E-state index is -1.07. The maximum atomic E-state index is 11.3. The highest BCUT2D eigenvalue weighted by Crippen LogP contribution is 2.10. The molecule has 0 aromatic heterocycles. The molecule has 0 aliphatic carbocycles. The van der Waals surface area contributed by atoms with Crippen molar-refractivity contribution in [3.8, 4) is 0 Å². The summed E-state index contributed by atoms with van der Waals surface area (Å²) < 4.78 is 0. The molecule has 1 N–H and O–H groups in total. The number of nitrogens with zero attached hydrogens (tertiary/aromatic N) is 1. The monoisotopic (exact) mass is 201 g/mol. The number of carbonyl (C=O) groups excluding carboxylic acids is 1. The molecular formula is C10H19NO3. The molecule has 0 saturated carbocycles. The summed E-state index contributed by atoms with van der Waals surface area (Å²) in [7, 11) is 1.65. The van der Waals surface area contributed by atoms with Gasteiger partial charge in [-0.05, 0) is 19.3 Å². The normalized spacial score (nSPS) is 12.6. The van der Waals surface area contributed by atoms with Crippen LogP contribution in [0.25, 0.3) is 0 Å². The molecule has 0 heterocycles. The van der Waals surface area contributed by atoms with Crippen molar-refractivity contribution in [2.24, 2.45) is 5.92 Å². The molecule has 82 valence electrons. The summed E-state index contributed by atoms with van der Waals surface area (Å²) in [6, 6.07) is 0.0989. The maximum absolute atomic E-state index is 11.3. The van der Waals surface area contributed by atoms with Crippen molar-refractivity contribution in [2.75, 3.05) is 7.05 Å². The van der Waals surface area contributed by atoms with Gasteiger partial charge in [-0.1, -0.05) is 13.8 Å². The fraction of sp³-hybridized carbons (Fsp3) is 0.800. The molecule has 0 aliphatic heterocycles. The van der Waals surface area contributed by atoms with Gasteiger partial charge in [0.05, 0.1) is 0 Å². The molecule has 1 unspecified atom stereocenters. The summed E-state index contributed by atoms with van der Waals surface area (Å²) in [5.74, 6) is -0.894. The van der Waals surface area contributed by atoms with E-state index in [1.165, 1.54) is 4.90 Å². The zero-order valence-corrected chi connectivity index (χ0v) is 9.28. The van der Waals surface area contributed by atoms with Crippen LogP contribution in [0.3, 0.4) is 0 Å². The smallest absolute Gasteiger partial charge is 0.312 e. The Balaban J connectivity index is 4.10. The lowest BCUT2D eigenvalue weighted by atomic mass is 10.0. The Labute approximate surface area is 84.9 Å². The first-order valence-corrected chi connectivity index (χ1v) is 4.82. The van der Waals surface area contributed by atoms with Crippen LogP contribution in [0.15, 0.2) is 0 Å². The van der Waals surface area contributed by atoms with Crippen molar-refractivity contribution in [3.63, 3.8) is 0 Å². The van der Waals surface area contributed by atoms with E-state index in [1.54, 1.807) is 7.05 Å². The van der Waals surface area contributed by atoms with Crippen LogP contribution in [0.1, 0.15) is 33.6 Å². The third-order valence-electron chi connectivity index (χ3n) is 2.17. The van der Waals surface area contributed by atoms with Crippen LogP contribution >= 0.6 is 0 Å². The first-order chi connectivity index (χ1) is 6.34. The second-order valence-electron chi connectivity index (χ2n) is 4.05. The van der Waals surface area contributed by atoms with Gasteiger partial charge in [-0.15, -0.1) is 0 Å². The SMILES string of the molecule is CC(C)CC(C)N(C)C(=O)CC(=O)O. The van der Waals surface area contributed by atoms with Gasteiger partial charge in [0.1, 0.15) is 6.42 Å². The van der Waals surface area contributed by atoms with Crippen molar-refractivity contribution < 1.29 is 14.7 Å². The van der Waals surface area contributed by atoms with Gasteiger partial charge >= 0.3 is 5.97 Å². The van der Waals surface area contributed by atoms with Gasteiger partial charge in [0.15, 0.2) is 0 Å². The van der Waals surface area contributed by atoms with E-state index in [0.29, 0.717) is 5.92 Å². The highest BCUT2D eigenvalue weighted by atomic mass is 16.4. The molecule has 4 heteroatoms. The quantitative estimate of drug-likeness (QED) is 0.683. The molecule has 1 atom stereocenters. The maximum Gasteiger partial charge on any atom is 0.312 e. The summed E-state index contributed by atoms with van der Waals surface area (Å²) >= 11 is 0. The summed E-state index contributed by atoms with van der Waals surface area (Å²) in [4.78, 5) is 23.1. The van der Waals surface area contributed by atoms with Crippen LogP contribution in [0.2, 0.25) is 0 Å². The van der Waals surface area contributed by atoms with Crippen LogP contribution in [0, 0.1) is 5.92 Å². The predicted octanol–water partition coefficient (Wildman–Crippen LogP) is 1.35. The van der Waals surface area contributed by atoms with Crippen molar-refractivity contribution in [3.05, 3.63) is 0 Å². The average molecular weight is 201 g/mol. The Morgan fingerprint density at radius 1 is 1.29 bits per heavy atom. The van der Waals surface area contributed by atoms with E-state index >= 15 is 0 Å². The molecule has 1 amide bonds. The molecule has 0 rings (SSSR count). The molecule has 4 nitrogen and oxygen atoms in total. The Morgan fingerprint density at radius 3 is 2.14 bits per heavy atom. The summed E-state index contributed by atoms with van der Waals surface area (Å²) in [6.45, 7) is 6.08. The van der Waals surface area contributed by atoms with E-state index in [2.05, 4.69) is 13.8 Å². The highest BCUT2D eigenvalue weighted by molar-refractivity contribution is 5.93. The molecule has 0 aromatic rings. The Morgan fingerprint density at radius 2 is 1.79 bits per heavy atom. The molecule has 0 bridgehead atoms. The summed E-state index contributed by atoms with van der Waals surface area (Å²) in [6.07, 6.45) is 0.473. The first-order valence-electron chi connectivity index (χ1n) is 4.82. The fourth-order valence-corrected chi connectivity index (χ4v) is 1.34. The summed E-state index contributed by atoms with van der Waals surface area (Å²) in [5.41, 5.74) is 0. The lowest BCUT2D eigenvalue weighted by molar-refractivity contribution is -0.144. The summed E-state index contributed by atoms with van der Waals surface area (Å²) in [5, 5.41) is 8.45. The third kappa shape index (κ3) is 4.84. The van der Waals surface area contributed by atoms with E-state index in [0.717, 1.165) is 6.42 Å². The lowest BCUT2D eigenvalue weighted by Gasteiger charge is -2.25. The Kier molecular flexibility index (Phi) is 5.20. The second-order valence-corrected chi connectivity index (χ2v) is 4.05. The van der Waals surface area contributed by atoms with Crippen molar-refractivity contribution in [2.45, 2.75) is 39.7 Å². The van der Waals surface area contributed by atoms with Gasteiger partial charge in [0.25, 0.3) is 0 Å². The van der Waals surface area contributed by atoms with Gasteiger partial charge in [0.2, 0.25) is 5.91 Å². The zero-order chi connectivity index (χ0) is 11.3. The van der Waals surface area contributed by atoms with E-state index in [-0.39, 0.29) is 11.9 Å². The molecule has 0 saturated heterocycles. The van der Waals surface area contributed by atoms with Gasteiger partial charge in [-0.25, -0.2) is 0 Å². The number of carboxylic acids is 1. The van der Waals surface area contributed by atoms with Gasteiger partial charge < -0.3 is 10.0 Å². The molecule has 0 fully saturated rings. The molecule has 14 heavy (non-hydrogen) atoms. The van der Waals surface area contributed by atoms with E-state index in [1.807, 2.05) is 6.92 Å². The largest absolute Gasteiger partial charge is 0.481 e. The number of aliphatic carboxylic acids is 1. The standard InChI is InChI=1S/C10H19NO3/c1-7(2)5-8(3)11(4)9(12)6-10(13)14/h7-8H,5-6H2,1-4H3,(H,13,14). The number of hydrogen-bond acceptors (Lipinski definition) is 2. The van der Waals surface area contributed by atoms with Crippen LogP contribution in [0.5, 0.6) is 0 Å². The fourth-order valence-electron chi connectivity index (χ4n) is 1.34. The number of hydrogen-bond donors (Lipinski definition) is 1. The topological polar surface area (TPSA) is 57.6 Å². The van der Waals surface area contributed by atoms with Crippen LogP contribution < -0.4 is 0 Å². The van der Waals surface area contributed by atoms with Crippen LogP contribution in [0.4, 0.5) is 0 Å². The zero-order valence-electron chi connectivity index (χ0n) is 9.28. The predicted molar refractivity (Wildman–Crippen MR) is 53.9 cm³/mol. The number of carbonyl (C=O) groups is 2. The molecule has 0 spiro atoms. The lowest BCUT2D eigenvalue weighted by Crippen LogP contribution is -2.36. The van der Waals surface area contributed by atoms with Crippen molar-refractivity contribution in [1.82, 2.24) is 4.90 Å². The first kappa shape index (κ1) is 12.9. The van der Waals surface area contributed by atoms with Gasteiger partial charge in [-0.2, -0.15) is 0 Å². The molecule has 0 aromatic carbocycles. The van der Waals surface area contributed by atoms with Gasteiger partial charge in [0, 0.05) is 13.1 Å². The van der Waals surface area contributed by atoms with Gasteiger partial charge in [-0.3, -0.25) is 9.59 Å². The Bertz CT molecular complexity index is 213. The molecular weight excluding hydrogens is 182 g/mol. The number of amides is 1. The highest BCUT2D eigenvalue weighted by Gasteiger charge is 2.18. The second kappa shape index (κ2) is 5.62. The van der Waals surface area contributed by atoms with Crippen molar-refractivity contribution >= 4 is 11.9 Å². The van der Waals surface area contributed by atoms with Crippen molar-refractivity contribution in [1.29, 1.82) is 0 Å². The average Bonchev–Trinajstić information content (AvgIpc) is 2.00. The minimum absolute atomic E-state index is 0.0989.